The molecule has 0 spiro atoms. The fraction of sp³-hybridized carbons (Fsp3) is 0.596. The van der Waals surface area contributed by atoms with Crippen LogP contribution < -0.4 is 10.6 Å². The second-order valence-electron chi connectivity index (χ2n) is 20.2. The topological polar surface area (TPSA) is 258 Å². The van der Waals surface area contributed by atoms with Gasteiger partial charge >= 0.3 is 30.0 Å². The quantitative estimate of drug-likeness (QED) is 0.0747. The van der Waals surface area contributed by atoms with E-state index in [1.807, 2.05) is 0 Å². The van der Waals surface area contributed by atoms with Gasteiger partial charge in [-0.15, -0.1) is 0 Å². The number of amides is 2. The fourth-order valence-corrected chi connectivity index (χ4v) is 11.0. The first-order valence-corrected chi connectivity index (χ1v) is 23.7. The highest BCUT2D eigenvalue weighted by Gasteiger charge is 2.78. The summed E-state index contributed by atoms with van der Waals surface area (Å²) in [5.74, 6) is -9.03. The highest BCUT2D eigenvalue weighted by molar-refractivity contribution is 5.93. The van der Waals surface area contributed by atoms with Gasteiger partial charge in [0.25, 0.3) is 0 Å². The number of nitrogens with one attached hydrogen (secondary N) is 2. The van der Waals surface area contributed by atoms with E-state index in [0.29, 0.717) is 6.61 Å². The van der Waals surface area contributed by atoms with E-state index in [1.54, 1.807) is 77.9 Å². The van der Waals surface area contributed by atoms with Crippen molar-refractivity contribution in [1.82, 2.24) is 10.6 Å². The number of benzene rings is 2. The van der Waals surface area contributed by atoms with Gasteiger partial charge in [0, 0.05) is 45.2 Å². The molecule has 2 saturated carbocycles. The van der Waals surface area contributed by atoms with Gasteiger partial charge in [0.2, 0.25) is 12.0 Å². The molecule has 2 amide bonds. The number of aliphatic hydroxyl groups excluding tert-OH is 1. The van der Waals surface area contributed by atoms with E-state index >= 15 is 9.59 Å². The van der Waals surface area contributed by atoms with Crippen molar-refractivity contribution in [3.05, 3.63) is 82.9 Å². The largest absolute Gasteiger partial charge is 0.455 e. The van der Waals surface area contributed by atoms with E-state index in [-0.39, 0.29) is 41.7 Å². The van der Waals surface area contributed by atoms with Crippen molar-refractivity contribution in [2.45, 2.75) is 135 Å². The number of ether oxygens (including phenoxy) is 8. The fourth-order valence-electron chi connectivity index (χ4n) is 11.0. The van der Waals surface area contributed by atoms with Gasteiger partial charge in [0.15, 0.2) is 11.4 Å². The third-order valence-corrected chi connectivity index (χ3v) is 14.3. The summed E-state index contributed by atoms with van der Waals surface area (Å²) in [6.45, 7) is 11.9. The molecule has 1 heterocycles. The van der Waals surface area contributed by atoms with Crippen molar-refractivity contribution in [3.8, 4) is 0 Å². The minimum absolute atomic E-state index is 0.00316. The van der Waals surface area contributed by atoms with Crippen LogP contribution in [0.5, 0.6) is 0 Å². The lowest BCUT2D eigenvalue weighted by Gasteiger charge is -2.68. The number of ketones is 1. The summed E-state index contributed by atoms with van der Waals surface area (Å²) in [6, 6.07) is 14.0. The van der Waals surface area contributed by atoms with Gasteiger partial charge in [-0.3, -0.25) is 19.2 Å². The van der Waals surface area contributed by atoms with Gasteiger partial charge in [0.05, 0.1) is 52.9 Å². The van der Waals surface area contributed by atoms with E-state index in [1.165, 1.54) is 38.1 Å². The van der Waals surface area contributed by atoms with Crippen LogP contribution in [0.3, 0.4) is 0 Å². The maximum atomic E-state index is 15.9. The molecule has 4 N–H and O–H groups in total. The standard InChI is InChI=1S/C52H68N2O17/c1-11-65-23-22-37(57)53-26-38(58)68-41(40(31-18-14-12-15-19-31)54-47(62)71-48(4,5)6)46(61)67-34-25-52(63)44(69-45(60)32-20-16-13-17-21-32)42-50(9,43(59)33(27-55)39(29(34)2)49(52,7)8)35(64-10)24-36-51(42,28-66-36)70-30(3)56/h12-21,33-36,40-42,44,55,63H,11,22-28H2,1-10H3,(H,53,57)(H,54,62)/t33-,34+,35+,36-,40+,41-,42+,44+,50-,51+,52-/m1/s1/i10D3. The first kappa shape index (κ1) is 50.2. The van der Waals surface area contributed by atoms with Crippen LogP contribution in [-0.2, 0) is 61.9 Å². The second-order valence-corrected chi connectivity index (χ2v) is 20.2. The van der Waals surface area contributed by atoms with Gasteiger partial charge in [-0.25, -0.2) is 14.4 Å². The van der Waals surface area contributed by atoms with Crippen LogP contribution in [0.2, 0.25) is 0 Å². The van der Waals surface area contributed by atoms with Crippen molar-refractivity contribution >= 4 is 41.7 Å². The highest BCUT2D eigenvalue weighted by atomic mass is 16.6. The summed E-state index contributed by atoms with van der Waals surface area (Å²) in [5, 5.41) is 30.5. The number of rotatable bonds is 17. The molecule has 19 heteroatoms. The Labute approximate surface area is 417 Å². The number of carbonyl (C=O) groups excluding carboxylic acids is 7. The van der Waals surface area contributed by atoms with E-state index < -0.39 is 151 Å². The van der Waals surface area contributed by atoms with Crippen LogP contribution >= 0.6 is 0 Å². The summed E-state index contributed by atoms with van der Waals surface area (Å²) in [7, 11) is -3.14. The lowest BCUT2D eigenvalue weighted by molar-refractivity contribution is -0.347. The molecule has 0 radical (unpaired) electrons. The number of methoxy groups -OCH3 is 1. The van der Waals surface area contributed by atoms with Crippen LogP contribution in [0.15, 0.2) is 71.8 Å². The third kappa shape index (κ3) is 10.7. The maximum Gasteiger partial charge on any atom is 0.408 e. The second kappa shape index (κ2) is 21.5. The van der Waals surface area contributed by atoms with Gasteiger partial charge < -0.3 is 58.7 Å². The minimum atomic E-state index is -3.14. The molecular formula is C52H68N2O17. The van der Waals surface area contributed by atoms with Crippen LogP contribution in [0.1, 0.15) is 108 Å². The van der Waals surface area contributed by atoms with Gasteiger partial charge in [-0.1, -0.05) is 62.4 Å². The summed E-state index contributed by atoms with van der Waals surface area (Å²) < 4.78 is 71.9. The molecule has 19 nitrogen and oxygen atoms in total. The lowest BCUT2D eigenvalue weighted by atomic mass is 9.43. The molecule has 2 bridgehead atoms. The lowest BCUT2D eigenvalue weighted by Crippen LogP contribution is -2.81. The molecule has 6 rings (SSSR count). The normalized spacial score (nSPS) is 30.3. The molecule has 388 valence electrons. The van der Waals surface area contributed by atoms with Crippen molar-refractivity contribution in [3.63, 3.8) is 0 Å². The number of Topliss-reactive ketones (excluding diaryl/α,β-unsaturated/α-hetero) is 1. The van der Waals surface area contributed by atoms with Gasteiger partial charge in [0.1, 0.15) is 42.1 Å². The Bertz CT molecular complexity index is 2460. The minimum Gasteiger partial charge on any atom is -0.455 e. The van der Waals surface area contributed by atoms with Gasteiger partial charge in [-0.05, 0) is 70.4 Å². The zero-order valence-electron chi connectivity index (χ0n) is 44.6. The van der Waals surface area contributed by atoms with E-state index in [0.717, 1.165) is 6.92 Å². The monoisotopic (exact) mass is 995 g/mol. The zero-order valence-corrected chi connectivity index (χ0v) is 41.6. The number of alkyl carbamates (subject to hydrolysis) is 1. The van der Waals surface area contributed by atoms with Crippen LogP contribution in [-0.4, -0.2) is 139 Å². The van der Waals surface area contributed by atoms with E-state index in [9.17, 15) is 34.2 Å². The summed E-state index contributed by atoms with van der Waals surface area (Å²) in [4.78, 5) is 98.8. The van der Waals surface area contributed by atoms with Gasteiger partial charge in [-0.2, -0.15) is 0 Å². The van der Waals surface area contributed by atoms with Crippen LogP contribution in [0.4, 0.5) is 4.79 Å². The first-order chi connectivity index (χ1) is 34.5. The molecule has 3 aliphatic carbocycles. The molecule has 2 aromatic rings. The Balaban J connectivity index is 1.55. The summed E-state index contributed by atoms with van der Waals surface area (Å²) >= 11 is 0. The molecule has 4 aliphatic rings. The molecule has 1 aliphatic heterocycles. The average Bonchev–Trinajstić information content (AvgIpc) is 3.31. The number of fused-ring (bicyclic) bond motifs is 5. The SMILES string of the molecule is [2H]C([2H])([2H])O[C@H]1C[C@H]2OC[C@@]2(OC(C)=O)[C@H]2[C@H](OC(=O)c3ccccc3)[C@]3(O)C[C@H](OC(=O)[C@H](OC(=O)CNC(=O)CCOCC)[C@@H](NC(=O)OC(C)(C)C)c4ccccc4)C(C)=C([C@@H](CO)C(=O)[C@]12C)C3(C)C. The zero-order chi connectivity index (χ0) is 54.8. The van der Waals surface area contributed by atoms with Crippen LogP contribution in [0, 0.1) is 22.7 Å². The molecule has 1 saturated heterocycles. The summed E-state index contributed by atoms with van der Waals surface area (Å²) in [5.41, 5.74) is -8.96. The number of aliphatic hydroxyl groups is 2. The maximum absolute atomic E-state index is 15.9. The Morgan fingerprint density at radius 2 is 1.65 bits per heavy atom. The molecule has 2 aromatic carbocycles. The smallest absolute Gasteiger partial charge is 0.408 e. The molecule has 71 heavy (non-hydrogen) atoms. The first-order valence-electron chi connectivity index (χ1n) is 25.2. The Kier molecular flexibility index (Phi) is 15.2. The molecular weight excluding hydrogens is 925 g/mol. The van der Waals surface area contributed by atoms with Crippen molar-refractivity contribution in [2.75, 3.05) is 40.0 Å². The van der Waals surface area contributed by atoms with E-state index in [2.05, 4.69) is 10.6 Å². The van der Waals surface area contributed by atoms with Crippen molar-refractivity contribution in [2.24, 2.45) is 22.7 Å². The number of hydrogen-bond donors (Lipinski definition) is 4. The summed E-state index contributed by atoms with van der Waals surface area (Å²) in [6.07, 6.45) is -10.5. The molecule has 3 fully saturated rings. The third-order valence-electron chi connectivity index (χ3n) is 14.3. The Morgan fingerprint density at radius 3 is 2.23 bits per heavy atom. The predicted molar refractivity (Wildman–Crippen MR) is 251 cm³/mol. The highest BCUT2D eigenvalue weighted by Crippen LogP contribution is 2.65. The molecule has 0 unspecified atom stereocenters. The molecule has 0 aromatic heterocycles. The Hall–Kier alpha value is -5.73. The number of hydrogen-bond acceptors (Lipinski definition) is 17. The van der Waals surface area contributed by atoms with Crippen molar-refractivity contribution < 1.29 is 85.8 Å². The predicted octanol–water partition coefficient (Wildman–Crippen LogP) is 4.26. The molecule has 11 atom stereocenters. The van der Waals surface area contributed by atoms with E-state index in [4.69, 9.17) is 42.0 Å². The number of esters is 4. The average molecular weight is 996 g/mol. The Morgan fingerprint density at radius 1 is 0.986 bits per heavy atom. The number of carbonyl (C=O) groups is 7. The van der Waals surface area contributed by atoms with Crippen molar-refractivity contribution in [1.29, 1.82) is 0 Å². The van der Waals surface area contributed by atoms with Crippen LogP contribution in [0.25, 0.3) is 0 Å².